The highest BCUT2D eigenvalue weighted by atomic mass is 32.2. The summed E-state index contributed by atoms with van der Waals surface area (Å²) in [5.74, 6) is 1.32. The van der Waals surface area contributed by atoms with Gasteiger partial charge < -0.3 is 14.2 Å². The minimum absolute atomic E-state index is 0.374. The number of unbranched alkanes of at least 4 members (excludes halogenated alkanes) is 2. The molecule has 0 amide bonds. The van der Waals surface area contributed by atoms with Crippen molar-refractivity contribution in [2.75, 3.05) is 20.3 Å². The first-order chi connectivity index (χ1) is 13.9. The second-order valence-electron chi connectivity index (χ2n) is 6.10. The van der Waals surface area contributed by atoms with Crippen molar-refractivity contribution in [2.24, 2.45) is 0 Å². The highest BCUT2D eigenvalue weighted by molar-refractivity contribution is 7.92. The van der Waals surface area contributed by atoms with Gasteiger partial charge in [0.15, 0.2) is 0 Å². The van der Waals surface area contributed by atoms with Crippen molar-refractivity contribution in [3.05, 3.63) is 66.1 Å². The van der Waals surface area contributed by atoms with Crippen LogP contribution in [-0.2, 0) is 10.0 Å². The number of ether oxygens (including phenoxy) is 3. The Morgan fingerprint density at radius 3 is 2.21 bits per heavy atom. The number of methoxy groups -OCH3 is 1. The molecule has 0 aromatic heterocycles. The summed E-state index contributed by atoms with van der Waals surface area (Å²) in [7, 11) is -1.78. The Hall–Kier alpha value is -2.84. The van der Waals surface area contributed by atoms with Crippen molar-refractivity contribution in [1.29, 1.82) is 0 Å². The summed E-state index contributed by atoms with van der Waals surface area (Å²) < 4.78 is 40.8. The molecule has 29 heavy (non-hydrogen) atoms. The highest BCUT2D eigenvalue weighted by Gasteiger charge is 2.09. The largest absolute Gasteiger partial charge is 0.497 e. The molecule has 8 heteroatoms. The van der Waals surface area contributed by atoms with Gasteiger partial charge in [-0.25, -0.2) is 17.9 Å². The molecule has 7 nitrogen and oxygen atoms in total. The Labute approximate surface area is 171 Å². The second kappa shape index (κ2) is 11.2. The van der Waals surface area contributed by atoms with Gasteiger partial charge in [0, 0.05) is 12.0 Å². The Morgan fingerprint density at radius 2 is 1.59 bits per heavy atom. The summed E-state index contributed by atoms with van der Waals surface area (Å²) in [5, 5.41) is 0.895. The van der Waals surface area contributed by atoms with E-state index in [1.54, 1.807) is 55.6 Å². The predicted octanol–water partition coefficient (Wildman–Crippen LogP) is 3.53. The fourth-order valence-electron chi connectivity index (χ4n) is 2.36. The maximum Gasteiger partial charge on any atom is 0.343 e. The first-order valence-corrected chi connectivity index (χ1v) is 10.7. The Bertz CT molecular complexity index is 892. The number of hydrogen-bond donors (Lipinski definition) is 1. The van der Waals surface area contributed by atoms with Crippen LogP contribution in [0.2, 0.25) is 0 Å². The van der Waals surface area contributed by atoms with Gasteiger partial charge in [-0.15, -0.1) is 0 Å². The van der Waals surface area contributed by atoms with Crippen LogP contribution in [-0.4, -0.2) is 34.6 Å². The fraction of sp³-hybridized carbons (Fsp3) is 0.286. The van der Waals surface area contributed by atoms with Crippen LogP contribution < -0.4 is 18.9 Å². The zero-order valence-electron chi connectivity index (χ0n) is 16.3. The smallest absolute Gasteiger partial charge is 0.343 e. The SMILES string of the molecule is C=CS(=O)(=O)NCCCCCOc1ccc(C(=O)Oc2ccc(OC)cc2)cc1. The van der Waals surface area contributed by atoms with Crippen molar-refractivity contribution in [3.8, 4) is 17.2 Å². The standard InChI is InChI=1S/C21H25NO6S/c1-3-29(24,25)22-15-5-4-6-16-27-19-9-7-17(8-10-19)21(23)28-20-13-11-18(26-2)12-14-20/h3,7-14,22H,1,4-6,15-16H2,2H3. The van der Waals surface area contributed by atoms with Crippen molar-refractivity contribution < 1.29 is 27.4 Å². The van der Waals surface area contributed by atoms with E-state index in [9.17, 15) is 13.2 Å². The monoisotopic (exact) mass is 419 g/mol. The molecule has 0 saturated heterocycles. The van der Waals surface area contributed by atoms with E-state index >= 15 is 0 Å². The number of sulfonamides is 1. The predicted molar refractivity (Wildman–Crippen MR) is 111 cm³/mol. The lowest BCUT2D eigenvalue weighted by atomic mass is 10.2. The normalized spacial score (nSPS) is 10.9. The summed E-state index contributed by atoms with van der Waals surface area (Å²) in [5.41, 5.74) is 0.419. The molecule has 0 aliphatic heterocycles. The average Bonchev–Trinajstić information content (AvgIpc) is 2.74. The van der Waals surface area contributed by atoms with Crippen molar-refractivity contribution in [2.45, 2.75) is 19.3 Å². The number of hydrogen-bond acceptors (Lipinski definition) is 6. The molecule has 0 radical (unpaired) electrons. The van der Waals surface area contributed by atoms with E-state index in [2.05, 4.69) is 11.3 Å². The molecule has 0 aliphatic carbocycles. The van der Waals surface area contributed by atoms with E-state index in [1.807, 2.05) is 0 Å². The Balaban J connectivity index is 1.69. The zero-order chi connectivity index (χ0) is 21.1. The number of carbonyl (C=O) groups is 1. The molecule has 2 aromatic rings. The molecular formula is C21H25NO6S. The lowest BCUT2D eigenvalue weighted by Crippen LogP contribution is -2.22. The molecule has 0 unspecified atom stereocenters. The van der Waals surface area contributed by atoms with E-state index in [4.69, 9.17) is 14.2 Å². The van der Waals surface area contributed by atoms with Crippen LogP contribution in [0.15, 0.2) is 60.5 Å². The van der Waals surface area contributed by atoms with Crippen LogP contribution in [0.1, 0.15) is 29.6 Å². The van der Waals surface area contributed by atoms with Crippen LogP contribution in [0, 0.1) is 0 Å². The fourth-order valence-corrected chi connectivity index (χ4v) is 2.91. The first kappa shape index (κ1) is 22.4. The van der Waals surface area contributed by atoms with Gasteiger partial charge in [0.2, 0.25) is 10.0 Å². The molecule has 0 aliphatic rings. The zero-order valence-corrected chi connectivity index (χ0v) is 17.1. The lowest BCUT2D eigenvalue weighted by molar-refractivity contribution is 0.0734. The van der Waals surface area contributed by atoms with Gasteiger partial charge >= 0.3 is 5.97 Å². The van der Waals surface area contributed by atoms with Gasteiger partial charge in [0.05, 0.1) is 19.3 Å². The quantitative estimate of drug-likeness (QED) is 0.322. The van der Waals surface area contributed by atoms with Gasteiger partial charge in [-0.3, -0.25) is 0 Å². The molecule has 2 aromatic carbocycles. The first-order valence-electron chi connectivity index (χ1n) is 9.15. The number of esters is 1. The van der Waals surface area contributed by atoms with Crippen molar-refractivity contribution >= 4 is 16.0 Å². The maximum absolute atomic E-state index is 12.2. The van der Waals surface area contributed by atoms with Gasteiger partial charge in [0.1, 0.15) is 17.2 Å². The summed E-state index contributed by atoms with van der Waals surface area (Å²) in [6, 6.07) is 13.5. The molecule has 0 fully saturated rings. The Kier molecular flexibility index (Phi) is 8.69. The third-order valence-corrected chi connectivity index (χ3v) is 5.02. The molecule has 0 saturated carbocycles. The summed E-state index contributed by atoms with van der Waals surface area (Å²) in [6.07, 6.45) is 2.33. The highest BCUT2D eigenvalue weighted by Crippen LogP contribution is 2.19. The lowest BCUT2D eigenvalue weighted by Gasteiger charge is -2.08. The minimum atomic E-state index is -3.35. The summed E-state index contributed by atoms with van der Waals surface area (Å²) in [4.78, 5) is 12.2. The van der Waals surface area contributed by atoms with Crippen LogP contribution in [0.4, 0.5) is 0 Å². The second-order valence-corrected chi connectivity index (χ2v) is 7.82. The number of benzene rings is 2. The molecule has 0 bridgehead atoms. The summed E-state index contributed by atoms with van der Waals surface area (Å²) in [6.45, 7) is 4.11. The van der Waals surface area contributed by atoms with E-state index in [-0.39, 0.29) is 0 Å². The van der Waals surface area contributed by atoms with Crippen LogP contribution in [0.5, 0.6) is 17.2 Å². The van der Waals surface area contributed by atoms with Crippen LogP contribution >= 0.6 is 0 Å². The van der Waals surface area contributed by atoms with E-state index in [1.165, 1.54) is 0 Å². The van der Waals surface area contributed by atoms with Crippen LogP contribution in [0.25, 0.3) is 0 Å². The molecule has 1 N–H and O–H groups in total. The maximum atomic E-state index is 12.2. The third-order valence-electron chi connectivity index (χ3n) is 3.97. The third kappa shape index (κ3) is 7.97. The number of rotatable bonds is 12. The molecule has 0 spiro atoms. The topological polar surface area (TPSA) is 90.9 Å². The molecular weight excluding hydrogens is 394 g/mol. The molecule has 156 valence electrons. The minimum Gasteiger partial charge on any atom is -0.497 e. The van der Waals surface area contributed by atoms with Crippen LogP contribution in [0.3, 0.4) is 0 Å². The number of nitrogens with one attached hydrogen (secondary N) is 1. The van der Waals surface area contributed by atoms with Gasteiger partial charge in [0.25, 0.3) is 0 Å². The van der Waals surface area contributed by atoms with Crippen molar-refractivity contribution in [3.63, 3.8) is 0 Å². The Morgan fingerprint density at radius 1 is 0.966 bits per heavy atom. The van der Waals surface area contributed by atoms with Gasteiger partial charge in [-0.05, 0) is 67.8 Å². The summed E-state index contributed by atoms with van der Waals surface area (Å²) >= 11 is 0. The molecule has 0 atom stereocenters. The van der Waals surface area contributed by atoms with E-state index < -0.39 is 16.0 Å². The van der Waals surface area contributed by atoms with E-state index in [0.717, 1.165) is 18.2 Å². The van der Waals surface area contributed by atoms with Gasteiger partial charge in [-0.2, -0.15) is 0 Å². The van der Waals surface area contributed by atoms with E-state index in [0.29, 0.717) is 42.4 Å². The van der Waals surface area contributed by atoms with Gasteiger partial charge in [-0.1, -0.05) is 6.58 Å². The van der Waals surface area contributed by atoms with Crippen molar-refractivity contribution in [1.82, 2.24) is 4.72 Å². The average molecular weight is 419 g/mol. The molecule has 0 heterocycles. The number of carbonyl (C=O) groups excluding carboxylic acids is 1. The molecule has 2 rings (SSSR count).